The average molecular weight is 398 g/mol. The van der Waals surface area contributed by atoms with E-state index in [9.17, 15) is 9.59 Å². The van der Waals surface area contributed by atoms with Crippen LogP contribution in [0, 0.1) is 0 Å². The topological polar surface area (TPSA) is 101 Å². The van der Waals surface area contributed by atoms with Crippen molar-refractivity contribution in [2.24, 2.45) is 0 Å². The van der Waals surface area contributed by atoms with Crippen LogP contribution in [0.2, 0.25) is 0 Å². The molecule has 2 aromatic heterocycles. The van der Waals surface area contributed by atoms with Gasteiger partial charge in [0.1, 0.15) is 0 Å². The number of nitrogens with zero attached hydrogens (tertiary/aromatic N) is 2. The van der Waals surface area contributed by atoms with Crippen LogP contribution in [0.1, 0.15) is 39.4 Å². The largest absolute Gasteiger partial charge is 0.454 e. The fourth-order valence-electron chi connectivity index (χ4n) is 3.84. The highest BCUT2D eigenvalue weighted by Crippen LogP contribution is 2.37. The summed E-state index contributed by atoms with van der Waals surface area (Å²) in [6, 6.07) is 17.6. The first-order valence-corrected chi connectivity index (χ1v) is 9.67. The van der Waals surface area contributed by atoms with Gasteiger partial charge in [0, 0.05) is 5.39 Å². The molecule has 0 spiro atoms. The molecular weight excluding hydrogens is 380 g/mol. The number of aromatic amines is 2. The van der Waals surface area contributed by atoms with E-state index in [1.165, 1.54) is 0 Å². The molecule has 0 unspecified atom stereocenters. The van der Waals surface area contributed by atoms with Gasteiger partial charge in [0.25, 0.3) is 0 Å². The van der Waals surface area contributed by atoms with Crippen LogP contribution in [0.4, 0.5) is 0 Å². The Balaban J connectivity index is 1.57. The first-order valence-electron chi connectivity index (χ1n) is 9.67. The van der Waals surface area contributed by atoms with Gasteiger partial charge in [0.15, 0.2) is 12.4 Å². The van der Waals surface area contributed by atoms with E-state index >= 15 is 0 Å². The number of para-hydroxylation sites is 1. The molecule has 2 N–H and O–H groups in total. The minimum absolute atomic E-state index is 0.115. The molecule has 1 aliphatic rings. The maximum atomic E-state index is 13.1. The number of hydrogen-bond donors (Lipinski definition) is 2. The number of ether oxygens (including phenoxy) is 1. The summed E-state index contributed by atoms with van der Waals surface area (Å²) >= 11 is 0. The van der Waals surface area contributed by atoms with Gasteiger partial charge in [-0.3, -0.25) is 4.98 Å². The molecule has 0 radical (unpaired) electrons. The Morgan fingerprint density at radius 3 is 2.67 bits per heavy atom. The number of fused-ring (bicyclic) bond motifs is 2. The zero-order valence-electron chi connectivity index (χ0n) is 16.0. The Morgan fingerprint density at radius 1 is 1.07 bits per heavy atom. The van der Waals surface area contributed by atoms with Gasteiger partial charge < -0.3 is 4.74 Å². The average Bonchev–Trinajstić information content (AvgIpc) is 3.37. The number of aromatic nitrogens is 4. The van der Waals surface area contributed by atoms with Crippen molar-refractivity contribution in [2.75, 3.05) is 0 Å². The number of allylic oxidation sites excluding steroid dienone is 1. The van der Waals surface area contributed by atoms with Gasteiger partial charge in [-0.05, 0) is 41.7 Å². The molecule has 7 nitrogen and oxygen atoms in total. The molecule has 2 aromatic carbocycles. The minimum atomic E-state index is -0.449. The van der Waals surface area contributed by atoms with Crippen molar-refractivity contribution < 1.29 is 9.53 Å². The Kier molecular flexibility index (Phi) is 4.48. The van der Waals surface area contributed by atoms with E-state index in [1.807, 2.05) is 54.6 Å². The molecule has 30 heavy (non-hydrogen) atoms. The van der Waals surface area contributed by atoms with Crippen LogP contribution in [-0.2, 0) is 17.8 Å². The van der Waals surface area contributed by atoms with E-state index in [0.717, 1.165) is 46.1 Å². The number of esters is 1. The summed E-state index contributed by atoms with van der Waals surface area (Å²) in [5.41, 5.74) is 4.79. The van der Waals surface area contributed by atoms with Crippen molar-refractivity contribution >= 4 is 28.5 Å². The molecule has 0 saturated carbocycles. The zero-order chi connectivity index (χ0) is 20.5. The van der Waals surface area contributed by atoms with Crippen LogP contribution in [-0.4, -0.2) is 26.1 Å². The first kappa shape index (κ1) is 18.1. The number of rotatable bonds is 4. The molecule has 0 saturated heterocycles. The Morgan fingerprint density at radius 2 is 1.87 bits per heavy atom. The van der Waals surface area contributed by atoms with E-state index in [2.05, 4.69) is 21.3 Å². The smallest absolute Gasteiger partial charge is 0.340 e. The number of H-pyrrole nitrogens is 2. The lowest BCUT2D eigenvalue weighted by Gasteiger charge is -2.12. The summed E-state index contributed by atoms with van der Waals surface area (Å²) in [6.07, 6.45) is 3.65. The number of hydrogen-bond acceptors (Lipinski definition) is 5. The highest BCUT2D eigenvalue weighted by molar-refractivity contribution is 6.07. The van der Waals surface area contributed by atoms with E-state index in [-0.39, 0.29) is 12.4 Å². The van der Waals surface area contributed by atoms with Gasteiger partial charge in [0.05, 0.1) is 16.8 Å². The van der Waals surface area contributed by atoms with Crippen LogP contribution in [0.15, 0.2) is 59.4 Å². The second-order valence-electron chi connectivity index (χ2n) is 7.11. The normalized spacial score (nSPS) is 14.2. The summed E-state index contributed by atoms with van der Waals surface area (Å²) in [5.74, 6) is -0.178. The monoisotopic (exact) mass is 398 g/mol. The maximum Gasteiger partial charge on any atom is 0.340 e. The highest BCUT2D eigenvalue weighted by Gasteiger charge is 2.27. The number of pyridine rings is 1. The highest BCUT2D eigenvalue weighted by atomic mass is 16.5. The molecule has 1 aliphatic carbocycles. The number of carbonyl (C=O) groups is 1. The predicted octanol–water partition coefficient (Wildman–Crippen LogP) is 3.49. The molecule has 0 aliphatic heterocycles. The third-order valence-electron chi connectivity index (χ3n) is 5.18. The minimum Gasteiger partial charge on any atom is -0.454 e. The quantitative estimate of drug-likeness (QED) is 0.513. The van der Waals surface area contributed by atoms with Crippen molar-refractivity contribution in [3.63, 3.8) is 0 Å². The SMILES string of the molecule is O=C(OCc1n[nH]c(=O)[nH]1)c1c2c(nc3ccccc13)/C(=C\c1ccccc1)CC2. The maximum absolute atomic E-state index is 13.1. The fourth-order valence-corrected chi connectivity index (χ4v) is 3.84. The van der Waals surface area contributed by atoms with Gasteiger partial charge in [-0.1, -0.05) is 48.5 Å². The Bertz CT molecular complexity index is 1340. The van der Waals surface area contributed by atoms with Crippen molar-refractivity contribution in [1.82, 2.24) is 20.2 Å². The van der Waals surface area contributed by atoms with Crippen LogP contribution in [0.5, 0.6) is 0 Å². The standard InChI is InChI=1S/C23H18N4O3/c28-22(30-13-19-25-23(29)27-26-19)20-16-8-4-5-9-18(16)24-21-15(10-11-17(20)21)12-14-6-2-1-3-7-14/h1-9,12H,10-11,13H2,(H2,25,26,27,29)/b15-12-. The Labute approximate surface area is 171 Å². The summed E-state index contributed by atoms with van der Waals surface area (Å²) in [6.45, 7) is -0.115. The molecular formula is C23H18N4O3. The summed E-state index contributed by atoms with van der Waals surface area (Å²) < 4.78 is 5.48. The number of nitrogens with one attached hydrogen (secondary N) is 2. The molecule has 5 rings (SSSR count). The number of carbonyl (C=O) groups excluding carboxylic acids is 1. The van der Waals surface area contributed by atoms with E-state index in [4.69, 9.17) is 9.72 Å². The van der Waals surface area contributed by atoms with Gasteiger partial charge in [-0.25, -0.2) is 19.7 Å². The molecule has 4 aromatic rings. The second kappa shape index (κ2) is 7.44. The lowest BCUT2D eigenvalue weighted by molar-refractivity contribution is 0.0463. The molecule has 0 fully saturated rings. The summed E-state index contributed by atoms with van der Waals surface area (Å²) in [4.78, 5) is 31.6. The molecule has 0 amide bonds. The molecule has 2 heterocycles. The predicted molar refractivity (Wildman–Crippen MR) is 113 cm³/mol. The lowest BCUT2D eigenvalue weighted by Crippen LogP contribution is -2.11. The second-order valence-corrected chi connectivity index (χ2v) is 7.11. The lowest BCUT2D eigenvalue weighted by atomic mass is 10.0. The number of benzene rings is 2. The third kappa shape index (κ3) is 3.30. The molecule has 7 heteroatoms. The van der Waals surface area contributed by atoms with Crippen LogP contribution in [0.3, 0.4) is 0 Å². The van der Waals surface area contributed by atoms with Crippen molar-refractivity contribution in [1.29, 1.82) is 0 Å². The van der Waals surface area contributed by atoms with Gasteiger partial charge >= 0.3 is 11.7 Å². The summed E-state index contributed by atoms with van der Waals surface area (Å²) in [5, 5.41) is 6.81. The van der Waals surface area contributed by atoms with Crippen LogP contribution >= 0.6 is 0 Å². The first-order chi connectivity index (χ1) is 14.7. The van der Waals surface area contributed by atoms with Crippen molar-refractivity contribution in [3.05, 3.63) is 93.3 Å². The van der Waals surface area contributed by atoms with Crippen LogP contribution in [0.25, 0.3) is 22.6 Å². The Hall–Kier alpha value is -4.00. The van der Waals surface area contributed by atoms with Gasteiger partial charge in [-0.15, -0.1) is 0 Å². The van der Waals surface area contributed by atoms with E-state index in [0.29, 0.717) is 5.56 Å². The van der Waals surface area contributed by atoms with Crippen LogP contribution < -0.4 is 5.69 Å². The van der Waals surface area contributed by atoms with E-state index in [1.54, 1.807) is 0 Å². The third-order valence-corrected chi connectivity index (χ3v) is 5.18. The molecule has 0 bridgehead atoms. The summed E-state index contributed by atoms with van der Waals surface area (Å²) in [7, 11) is 0. The molecule has 0 atom stereocenters. The van der Waals surface area contributed by atoms with Crippen molar-refractivity contribution in [3.8, 4) is 0 Å². The van der Waals surface area contributed by atoms with E-state index < -0.39 is 11.7 Å². The van der Waals surface area contributed by atoms with Gasteiger partial charge in [-0.2, -0.15) is 5.10 Å². The fraction of sp³-hybridized carbons (Fsp3) is 0.130. The zero-order valence-corrected chi connectivity index (χ0v) is 16.0. The van der Waals surface area contributed by atoms with Crippen molar-refractivity contribution in [2.45, 2.75) is 19.4 Å². The molecule has 148 valence electrons. The van der Waals surface area contributed by atoms with Gasteiger partial charge in [0.2, 0.25) is 0 Å².